The number of hydrogen-bond acceptors (Lipinski definition) is 6. The van der Waals surface area contributed by atoms with Crippen LogP contribution in [0.15, 0.2) is 90.0 Å². The van der Waals surface area contributed by atoms with E-state index in [0.717, 1.165) is 23.9 Å². The van der Waals surface area contributed by atoms with Crippen LogP contribution in [0.1, 0.15) is 56.1 Å². The first kappa shape index (κ1) is 29.3. The fourth-order valence-corrected chi connectivity index (χ4v) is 5.48. The van der Waals surface area contributed by atoms with Crippen LogP contribution in [0.25, 0.3) is 10.9 Å². The molecule has 9 heteroatoms. The maximum atomic E-state index is 12.7. The maximum Gasteiger partial charge on any atom is 0.338 e. The van der Waals surface area contributed by atoms with Gasteiger partial charge < -0.3 is 19.7 Å². The van der Waals surface area contributed by atoms with Crippen molar-refractivity contribution >= 4 is 32.6 Å². The number of fused-ring (bicyclic) bond motifs is 1. The van der Waals surface area contributed by atoms with Gasteiger partial charge in [0.2, 0.25) is 0 Å². The van der Waals surface area contributed by atoms with Gasteiger partial charge in [-0.3, -0.25) is 4.72 Å². The lowest BCUT2D eigenvalue weighted by Crippen LogP contribution is -2.42. The Balaban J connectivity index is 1.34. The lowest BCUT2D eigenvalue weighted by atomic mass is 9.99. The molecule has 0 aliphatic carbocycles. The fourth-order valence-electron chi connectivity index (χ4n) is 4.41. The molecule has 8 nitrogen and oxygen atoms in total. The number of sulfonamides is 1. The average molecular weight is 564 g/mol. The number of benzene rings is 3. The van der Waals surface area contributed by atoms with Gasteiger partial charge in [0.15, 0.2) is 0 Å². The predicted molar refractivity (Wildman–Crippen MR) is 158 cm³/mol. The zero-order valence-corrected chi connectivity index (χ0v) is 24.1. The molecule has 0 bridgehead atoms. The van der Waals surface area contributed by atoms with E-state index in [0.29, 0.717) is 23.4 Å². The summed E-state index contributed by atoms with van der Waals surface area (Å²) in [7, 11) is -3.72. The average Bonchev–Trinajstić information content (AvgIpc) is 3.33. The van der Waals surface area contributed by atoms with Gasteiger partial charge in [0.05, 0.1) is 22.7 Å². The van der Waals surface area contributed by atoms with Crippen LogP contribution in [0.5, 0.6) is 0 Å². The molecular formula is C31H37N3O5S. The Labute approximate surface area is 236 Å². The molecule has 0 fully saturated rings. The number of nitrogens with zero attached hydrogens (tertiary/aromatic N) is 1. The minimum absolute atomic E-state index is 0.169. The van der Waals surface area contributed by atoms with E-state index in [1.54, 1.807) is 48.5 Å². The van der Waals surface area contributed by atoms with E-state index in [-0.39, 0.29) is 22.5 Å². The number of β-amino-alcohol motifs (C(OH)–C–C–N with tert-alkyl or cyclic N) is 1. The first-order valence-corrected chi connectivity index (χ1v) is 14.8. The van der Waals surface area contributed by atoms with E-state index >= 15 is 0 Å². The summed E-state index contributed by atoms with van der Waals surface area (Å²) in [5.74, 6) is -0.326. The molecule has 0 saturated heterocycles. The molecule has 0 aliphatic rings. The highest BCUT2D eigenvalue weighted by Gasteiger charge is 2.21. The van der Waals surface area contributed by atoms with Crippen LogP contribution < -0.4 is 10.0 Å². The third kappa shape index (κ3) is 7.50. The van der Waals surface area contributed by atoms with Crippen LogP contribution in [0, 0.1) is 0 Å². The van der Waals surface area contributed by atoms with Gasteiger partial charge >= 0.3 is 5.97 Å². The third-order valence-corrected chi connectivity index (χ3v) is 8.08. The molecule has 4 aromatic rings. The minimum atomic E-state index is -3.72. The van der Waals surface area contributed by atoms with E-state index in [4.69, 9.17) is 4.74 Å². The van der Waals surface area contributed by atoms with E-state index in [9.17, 15) is 18.3 Å². The number of aryl methyl sites for hydroxylation is 1. The second-order valence-electron chi connectivity index (χ2n) is 10.8. The molecule has 1 atom stereocenters. The SMILES string of the molecule is CC(C)OC(=O)c1ccc2c(ccn2CCC(C)(C)NC[C@H](O)c2cccc(NS(=O)(=O)c3ccccc3)c2)c1. The first-order valence-electron chi connectivity index (χ1n) is 13.3. The molecule has 4 rings (SSSR count). The van der Waals surface area contributed by atoms with Gasteiger partial charge in [0, 0.05) is 41.4 Å². The number of carbonyl (C=O) groups is 1. The Kier molecular flexibility index (Phi) is 8.98. The van der Waals surface area contributed by atoms with Crippen LogP contribution in [-0.2, 0) is 21.3 Å². The number of hydrogen-bond donors (Lipinski definition) is 3. The molecule has 1 heterocycles. The first-order chi connectivity index (χ1) is 18.9. The molecular weight excluding hydrogens is 526 g/mol. The number of aliphatic hydroxyl groups is 1. The molecule has 1 aromatic heterocycles. The van der Waals surface area contributed by atoms with Crippen LogP contribution in [0.2, 0.25) is 0 Å². The summed E-state index contributed by atoms with van der Waals surface area (Å²) in [6.45, 7) is 8.86. The molecule has 0 aliphatic heterocycles. The summed E-state index contributed by atoms with van der Waals surface area (Å²) in [6, 6.07) is 22.5. The summed E-state index contributed by atoms with van der Waals surface area (Å²) in [4.78, 5) is 12.4. The van der Waals surface area contributed by atoms with Crippen molar-refractivity contribution in [2.24, 2.45) is 0 Å². The van der Waals surface area contributed by atoms with Crippen molar-refractivity contribution in [2.75, 3.05) is 11.3 Å². The standard InChI is InChI=1S/C31H37N3O5S/c1-22(2)39-30(36)25-13-14-28-23(19-25)15-17-34(28)18-16-31(3,4)32-21-29(35)24-9-8-10-26(20-24)33-40(37,38)27-11-6-5-7-12-27/h5-15,17,19-20,22,29,32-33,35H,16,18,21H2,1-4H3/t29-/m0/s1. The van der Waals surface area contributed by atoms with Crippen molar-refractivity contribution in [3.05, 3.63) is 96.2 Å². The monoisotopic (exact) mass is 563 g/mol. The van der Waals surface area contributed by atoms with Gasteiger partial charge in [-0.25, -0.2) is 13.2 Å². The van der Waals surface area contributed by atoms with E-state index in [1.807, 2.05) is 38.2 Å². The second kappa shape index (κ2) is 12.2. The summed E-state index contributed by atoms with van der Waals surface area (Å²) in [5, 5.41) is 15.3. The number of aliphatic hydroxyl groups excluding tert-OH is 1. The van der Waals surface area contributed by atoms with E-state index in [2.05, 4.69) is 28.5 Å². The number of anilines is 1. The van der Waals surface area contributed by atoms with Gasteiger partial charge in [-0.05, 0) is 88.2 Å². The molecule has 0 saturated carbocycles. The number of ether oxygens (including phenoxy) is 1. The normalized spacial score (nSPS) is 12.9. The largest absolute Gasteiger partial charge is 0.459 e. The lowest BCUT2D eigenvalue weighted by molar-refractivity contribution is 0.0378. The number of esters is 1. The molecule has 3 aromatic carbocycles. The summed E-state index contributed by atoms with van der Waals surface area (Å²) >= 11 is 0. The Morgan fingerprint density at radius 1 is 1.00 bits per heavy atom. The highest BCUT2D eigenvalue weighted by molar-refractivity contribution is 7.92. The van der Waals surface area contributed by atoms with Crippen molar-refractivity contribution in [2.45, 2.75) is 63.3 Å². The molecule has 0 radical (unpaired) electrons. The molecule has 0 spiro atoms. The number of carbonyl (C=O) groups excluding carboxylic acids is 1. The van der Waals surface area contributed by atoms with Crippen LogP contribution in [-0.4, -0.2) is 42.2 Å². The Hall–Kier alpha value is -3.66. The van der Waals surface area contributed by atoms with Crippen molar-refractivity contribution in [1.29, 1.82) is 0 Å². The zero-order valence-electron chi connectivity index (χ0n) is 23.3. The Bertz CT molecular complexity index is 1560. The van der Waals surface area contributed by atoms with Gasteiger partial charge in [0.1, 0.15) is 0 Å². The predicted octanol–water partition coefficient (Wildman–Crippen LogP) is 5.50. The van der Waals surface area contributed by atoms with Gasteiger partial charge in [0.25, 0.3) is 10.0 Å². The third-order valence-electron chi connectivity index (χ3n) is 6.68. The van der Waals surface area contributed by atoms with Crippen molar-refractivity contribution < 1.29 is 23.1 Å². The number of rotatable bonds is 12. The van der Waals surface area contributed by atoms with Crippen molar-refractivity contribution in [3.63, 3.8) is 0 Å². The molecule has 0 amide bonds. The van der Waals surface area contributed by atoms with Crippen LogP contribution in [0.3, 0.4) is 0 Å². The highest BCUT2D eigenvalue weighted by Crippen LogP contribution is 2.23. The van der Waals surface area contributed by atoms with E-state index in [1.165, 1.54) is 12.1 Å². The van der Waals surface area contributed by atoms with Crippen molar-refractivity contribution in [1.82, 2.24) is 9.88 Å². The molecule has 0 unspecified atom stereocenters. The quantitative estimate of drug-likeness (QED) is 0.196. The lowest BCUT2D eigenvalue weighted by Gasteiger charge is -2.28. The summed E-state index contributed by atoms with van der Waals surface area (Å²) < 4.78 is 35.4. The molecule has 212 valence electrons. The van der Waals surface area contributed by atoms with Gasteiger partial charge in [-0.2, -0.15) is 0 Å². The van der Waals surface area contributed by atoms with Gasteiger partial charge in [-0.1, -0.05) is 30.3 Å². The van der Waals surface area contributed by atoms with Crippen LogP contribution in [0.4, 0.5) is 5.69 Å². The second-order valence-corrected chi connectivity index (χ2v) is 12.5. The minimum Gasteiger partial charge on any atom is -0.459 e. The van der Waals surface area contributed by atoms with Crippen molar-refractivity contribution in [3.8, 4) is 0 Å². The smallest absolute Gasteiger partial charge is 0.338 e. The molecule has 3 N–H and O–H groups in total. The zero-order chi connectivity index (χ0) is 28.9. The summed E-state index contributed by atoms with van der Waals surface area (Å²) in [5.41, 5.74) is 2.28. The fraction of sp³-hybridized carbons (Fsp3) is 0.323. The van der Waals surface area contributed by atoms with Gasteiger partial charge in [-0.15, -0.1) is 0 Å². The number of nitrogens with one attached hydrogen (secondary N) is 2. The summed E-state index contributed by atoms with van der Waals surface area (Å²) in [6.07, 6.45) is 1.81. The topological polar surface area (TPSA) is 110 Å². The Morgan fingerprint density at radius 2 is 1.75 bits per heavy atom. The van der Waals surface area contributed by atoms with E-state index < -0.39 is 16.1 Å². The number of aromatic nitrogens is 1. The Morgan fingerprint density at radius 3 is 2.48 bits per heavy atom. The molecule has 40 heavy (non-hydrogen) atoms. The maximum absolute atomic E-state index is 12.7. The van der Waals surface area contributed by atoms with Crippen LogP contribution >= 0.6 is 0 Å². The highest BCUT2D eigenvalue weighted by atomic mass is 32.2.